The molecule has 2 heterocycles. The zero-order valence-corrected chi connectivity index (χ0v) is 14.1. The Kier molecular flexibility index (Phi) is 3.43. The number of benzene rings is 2. The number of hydrogen-bond acceptors (Lipinski definition) is 2. The lowest BCUT2D eigenvalue weighted by molar-refractivity contribution is 0.723. The lowest BCUT2D eigenvalue weighted by Crippen LogP contribution is -2.24. The van der Waals surface area contributed by atoms with Gasteiger partial charge in [0.25, 0.3) is 5.56 Å². The lowest BCUT2D eigenvalue weighted by atomic mass is 10.1. The van der Waals surface area contributed by atoms with E-state index in [1.54, 1.807) is 16.7 Å². The van der Waals surface area contributed by atoms with Gasteiger partial charge in [0.15, 0.2) is 0 Å². The monoisotopic (exact) mass is 337 g/mol. The van der Waals surface area contributed by atoms with Crippen molar-refractivity contribution in [2.75, 3.05) is 0 Å². The Hall–Kier alpha value is -2.59. The summed E-state index contributed by atoms with van der Waals surface area (Å²) in [6.07, 6.45) is 1.87. The Morgan fingerprint density at radius 1 is 1.04 bits per heavy atom. The number of fused-ring (bicyclic) bond motifs is 3. The van der Waals surface area contributed by atoms with Crippen molar-refractivity contribution in [2.45, 2.75) is 19.8 Å². The molecule has 0 bridgehead atoms. The predicted molar refractivity (Wildman–Crippen MR) is 98.3 cm³/mol. The van der Waals surface area contributed by atoms with E-state index in [1.165, 1.54) is 0 Å². The van der Waals surface area contributed by atoms with Crippen molar-refractivity contribution >= 4 is 33.4 Å². The molecule has 0 aliphatic carbocycles. The molecule has 4 nitrogen and oxygen atoms in total. The van der Waals surface area contributed by atoms with Gasteiger partial charge in [0.2, 0.25) is 0 Å². The molecule has 2 aromatic carbocycles. The molecule has 0 saturated heterocycles. The standard InChI is InChI=1S/C19H16ClN3O/c1-11(2)18-22-17-14-9-10-21-16(14)8-7-15(17)19(24)23(18)13-5-3-12(20)4-6-13/h3-11,21H,1-2H3. The van der Waals surface area contributed by atoms with Crippen molar-refractivity contribution in [3.8, 4) is 5.69 Å². The van der Waals surface area contributed by atoms with E-state index in [0.29, 0.717) is 10.4 Å². The SMILES string of the molecule is CC(C)c1nc2c(ccc3[nH]ccc32)c(=O)n1-c1ccc(Cl)cc1. The fourth-order valence-corrected chi connectivity index (χ4v) is 3.15. The van der Waals surface area contributed by atoms with Crippen LogP contribution in [0.5, 0.6) is 0 Å². The van der Waals surface area contributed by atoms with E-state index in [-0.39, 0.29) is 11.5 Å². The molecule has 0 unspecified atom stereocenters. The molecule has 120 valence electrons. The third-order valence-corrected chi connectivity index (χ3v) is 4.45. The Labute approximate surface area is 143 Å². The smallest absolute Gasteiger partial charge is 0.266 e. The molecule has 24 heavy (non-hydrogen) atoms. The second-order valence-electron chi connectivity index (χ2n) is 6.14. The van der Waals surface area contributed by atoms with Gasteiger partial charge in [-0.1, -0.05) is 25.4 Å². The molecule has 0 fully saturated rings. The topological polar surface area (TPSA) is 50.7 Å². The molecule has 0 radical (unpaired) electrons. The van der Waals surface area contributed by atoms with E-state index in [1.807, 2.05) is 50.4 Å². The van der Waals surface area contributed by atoms with Crippen LogP contribution in [0.1, 0.15) is 25.6 Å². The molecule has 0 aliphatic rings. The van der Waals surface area contributed by atoms with E-state index in [2.05, 4.69) is 4.98 Å². The number of nitrogens with one attached hydrogen (secondary N) is 1. The first-order valence-corrected chi connectivity index (χ1v) is 8.23. The molecular formula is C19H16ClN3O. The maximum atomic E-state index is 13.2. The van der Waals surface area contributed by atoms with E-state index >= 15 is 0 Å². The highest BCUT2D eigenvalue weighted by molar-refractivity contribution is 6.30. The molecule has 0 aliphatic heterocycles. The normalized spacial score (nSPS) is 11.7. The number of aromatic amines is 1. The summed E-state index contributed by atoms with van der Waals surface area (Å²) in [4.78, 5) is 21.2. The largest absolute Gasteiger partial charge is 0.361 e. The third-order valence-electron chi connectivity index (χ3n) is 4.20. The molecule has 4 rings (SSSR count). The number of aromatic nitrogens is 3. The molecule has 0 atom stereocenters. The van der Waals surface area contributed by atoms with Crippen molar-refractivity contribution in [1.29, 1.82) is 0 Å². The van der Waals surface area contributed by atoms with Crippen LogP contribution in [0.15, 0.2) is 53.5 Å². The number of rotatable bonds is 2. The lowest BCUT2D eigenvalue weighted by Gasteiger charge is -2.16. The highest BCUT2D eigenvalue weighted by Gasteiger charge is 2.17. The van der Waals surface area contributed by atoms with Gasteiger partial charge in [-0.25, -0.2) is 4.98 Å². The minimum Gasteiger partial charge on any atom is -0.361 e. The van der Waals surface area contributed by atoms with Crippen molar-refractivity contribution in [3.63, 3.8) is 0 Å². The first-order valence-electron chi connectivity index (χ1n) is 7.85. The van der Waals surface area contributed by atoms with Crippen molar-refractivity contribution in [3.05, 3.63) is 69.9 Å². The second kappa shape index (κ2) is 5.49. The summed E-state index contributed by atoms with van der Waals surface area (Å²) in [5.74, 6) is 0.843. The second-order valence-corrected chi connectivity index (χ2v) is 6.58. The Morgan fingerprint density at radius 3 is 2.50 bits per heavy atom. The zero-order valence-electron chi connectivity index (χ0n) is 13.4. The van der Waals surface area contributed by atoms with Gasteiger partial charge in [-0.05, 0) is 42.5 Å². The minimum atomic E-state index is -0.0610. The van der Waals surface area contributed by atoms with Crippen LogP contribution in [0.3, 0.4) is 0 Å². The number of H-pyrrole nitrogens is 1. The summed E-state index contributed by atoms with van der Waals surface area (Å²) >= 11 is 5.98. The molecule has 0 spiro atoms. The molecule has 1 N–H and O–H groups in total. The number of hydrogen-bond donors (Lipinski definition) is 1. The van der Waals surface area contributed by atoms with E-state index in [4.69, 9.17) is 16.6 Å². The van der Waals surface area contributed by atoms with Gasteiger partial charge in [0, 0.05) is 28.0 Å². The third kappa shape index (κ3) is 2.22. The van der Waals surface area contributed by atoms with Gasteiger partial charge in [0.05, 0.1) is 16.6 Å². The van der Waals surface area contributed by atoms with Crippen molar-refractivity contribution < 1.29 is 0 Å². The van der Waals surface area contributed by atoms with Gasteiger partial charge in [0.1, 0.15) is 5.82 Å². The molecular weight excluding hydrogens is 322 g/mol. The van der Waals surface area contributed by atoms with Gasteiger partial charge < -0.3 is 4.98 Å². The Bertz CT molecular complexity index is 1110. The summed E-state index contributed by atoms with van der Waals surface area (Å²) in [5.41, 5.74) is 2.44. The van der Waals surface area contributed by atoms with Crippen molar-refractivity contribution in [2.24, 2.45) is 0 Å². The molecule has 5 heteroatoms. The van der Waals surface area contributed by atoms with Gasteiger partial charge in [-0.3, -0.25) is 9.36 Å². The van der Waals surface area contributed by atoms with Crippen LogP contribution in [0.2, 0.25) is 5.02 Å². The predicted octanol–water partition coefficient (Wildman–Crippen LogP) is 4.64. The van der Waals surface area contributed by atoms with Crippen LogP contribution in [-0.4, -0.2) is 14.5 Å². The number of nitrogens with zero attached hydrogens (tertiary/aromatic N) is 2. The van der Waals surface area contributed by atoms with Gasteiger partial charge in [-0.2, -0.15) is 0 Å². The van der Waals surface area contributed by atoms with E-state index < -0.39 is 0 Å². The average molecular weight is 338 g/mol. The first-order chi connectivity index (χ1) is 11.6. The summed E-state index contributed by atoms with van der Waals surface area (Å²) in [7, 11) is 0. The summed E-state index contributed by atoms with van der Waals surface area (Å²) in [6, 6.07) is 13.0. The maximum Gasteiger partial charge on any atom is 0.266 e. The Balaban J connectivity index is 2.14. The molecule has 2 aromatic heterocycles. The zero-order chi connectivity index (χ0) is 16.8. The average Bonchev–Trinajstić information content (AvgIpc) is 3.04. The van der Waals surface area contributed by atoms with Crippen LogP contribution < -0.4 is 5.56 Å². The van der Waals surface area contributed by atoms with E-state index in [0.717, 1.165) is 27.9 Å². The molecule has 0 amide bonds. The maximum absolute atomic E-state index is 13.2. The van der Waals surface area contributed by atoms with Gasteiger partial charge in [-0.15, -0.1) is 0 Å². The quantitative estimate of drug-likeness (QED) is 0.579. The molecule has 0 saturated carbocycles. The van der Waals surface area contributed by atoms with Gasteiger partial charge >= 0.3 is 0 Å². The molecule has 4 aromatic rings. The van der Waals surface area contributed by atoms with Crippen LogP contribution >= 0.6 is 11.6 Å². The highest BCUT2D eigenvalue weighted by Crippen LogP contribution is 2.25. The summed E-state index contributed by atoms with van der Waals surface area (Å²) < 4.78 is 1.68. The van der Waals surface area contributed by atoms with Crippen LogP contribution in [-0.2, 0) is 0 Å². The van der Waals surface area contributed by atoms with Crippen LogP contribution in [0.4, 0.5) is 0 Å². The van der Waals surface area contributed by atoms with Crippen molar-refractivity contribution in [1.82, 2.24) is 14.5 Å². The Morgan fingerprint density at radius 2 is 1.79 bits per heavy atom. The summed E-state index contributed by atoms with van der Waals surface area (Å²) in [5, 5.41) is 2.22. The fraction of sp³-hybridized carbons (Fsp3) is 0.158. The van der Waals surface area contributed by atoms with Crippen LogP contribution in [0.25, 0.3) is 27.5 Å². The summed E-state index contributed by atoms with van der Waals surface area (Å²) in [6.45, 7) is 4.08. The van der Waals surface area contributed by atoms with E-state index in [9.17, 15) is 4.79 Å². The fourth-order valence-electron chi connectivity index (χ4n) is 3.03. The minimum absolute atomic E-state index is 0.0610. The number of halogens is 1. The first kappa shape index (κ1) is 15.0. The highest BCUT2D eigenvalue weighted by atomic mass is 35.5. The van der Waals surface area contributed by atoms with Crippen LogP contribution in [0, 0.1) is 0 Å².